The number of nitrogens with zero attached hydrogens (tertiary/aromatic N) is 2. The zero-order valence-electron chi connectivity index (χ0n) is 14.1. The van der Waals surface area contributed by atoms with Crippen LogP contribution in [-0.2, 0) is 9.59 Å². The van der Waals surface area contributed by atoms with Crippen molar-refractivity contribution in [3.63, 3.8) is 0 Å². The molecule has 2 saturated carbocycles. The van der Waals surface area contributed by atoms with Crippen LogP contribution in [0.3, 0.4) is 0 Å². The van der Waals surface area contributed by atoms with E-state index in [9.17, 15) is 14.7 Å². The van der Waals surface area contributed by atoms with Crippen LogP contribution in [0.4, 0.5) is 5.69 Å². The lowest BCUT2D eigenvalue weighted by Crippen LogP contribution is -2.52. The van der Waals surface area contributed by atoms with Crippen LogP contribution in [0.2, 0.25) is 5.02 Å². The van der Waals surface area contributed by atoms with Crippen LogP contribution in [0.15, 0.2) is 24.3 Å². The lowest BCUT2D eigenvalue weighted by molar-refractivity contribution is -0.153. The summed E-state index contributed by atoms with van der Waals surface area (Å²) in [5, 5.41) is 10.3. The maximum atomic E-state index is 13.0. The third kappa shape index (κ3) is 2.99. The van der Waals surface area contributed by atoms with Gasteiger partial charge in [-0.2, -0.15) is 0 Å². The van der Waals surface area contributed by atoms with Crippen LogP contribution >= 0.6 is 11.6 Å². The van der Waals surface area contributed by atoms with Crippen LogP contribution in [0.1, 0.15) is 19.3 Å². The molecular weight excluding hydrogens is 340 g/mol. The summed E-state index contributed by atoms with van der Waals surface area (Å²) in [5.41, 5.74) is 1.07. The summed E-state index contributed by atoms with van der Waals surface area (Å²) >= 11 is 6.06. The van der Waals surface area contributed by atoms with E-state index in [2.05, 4.69) is 4.90 Å². The van der Waals surface area contributed by atoms with Crippen LogP contribution in [0.5, 0.6) is 0 Å². The molecule has 2 aliphatic carbocycles. The van der Waals surface area contributed by atoms with Crippen molar-refractivity contribution in [3.05, 3.63) is 29.3 Å². The van der Waals surface area contributed by atoms with Crippen LogP contribution in [0, 0.1) is 23.7 Å². The lowest BCUT2D eigenvalue weighted by Gasteiger charge is -2.39. The van der Waals surface area contributed by atoms with Gasteiger partial charge < -0.3 is 14.9 Å². The maximum absolute atomic E-state index is 13.0. The molecule has 0 radical (unpaired) electrons. The number of amides is 1. The molecule has 0 spiro atoms. The molecule has 1 N–H and O–H groups in total. The van der Waals surface area contributed by atoms with Gasteiger partial charge in [0, 0.05) is 36.9 Å². The average molecular weight is 363 g/mol. The third-order valence-electron chi connectivity index (χ3n) is 6.25. The molecular formula is C19H23ClN2O3. The van der Waals surface area contributed by atoms with Crippen molar-refractivity contribution in [2.75, 3.05) is 31.1 Å². The average Bonchev–Trinajstić information content (AvgIpc) is 3.22. The summed E-state index contributed by atoms with van der Waals surface area (Å²) in [6.45, 7) is 2.80. The van der Waals surface area contributed by atoms with Gasteiger partial charge >= 0.3 is 5.97 Å². The number of benzene rings is 1. The number of hydrogen-bond donors (Lipinski definition) is 1. The number of carbonyl (C=O) groups excluding carboxylic acids is 1. The van der Waals surface area contributed by atoms with E-state index in [1.54, 1.807) is 0 Å². The molecule has 0 unspecified atom stereocenters. The predicted molar refractivity (Wildman–Crippen MR) is 95.7 cm³/mol. The molecule has 1 heterocycles. The molecule has 1 amide bonds. The number of aliphatic carboxylic acids is 1. The quantitative estimate of drug-likeness (QED) is 0.898. The SMILES string of the molecule is O=C(O)[C@H]1[C@H]2CC[C@@H](C2)[C@@H]1C(=O)N1CCN(c2cccc(Cl)c2)CC1. The Morgan fingerprint density at radius 1 is 1.04 bits per heavy atom. The van der Waals surface area contributed by atoms with Crippen molar-refractivity contribution in [2.24, 2.45) is 23.7 Å². The van der Waals surface area contributed by atoms with Gasteiger partial charge in [-0.3, -0.25) is 9.59 Å². The minimum atomic E-state index is -0.789. The van der Waals surface area contributed by atoms with E-state index in [1.807, 2.05) is 29.2 Å². The van der Waals surface area contributed by atoms with Crippen LogP contribution in [0.25, 0.3) is 0 Å². The molecule has 3 aliphatic rings. The Morgan fingerprint density at radius 3 is 2.36 bits per heavy atom. The van der Waals surface area contributed by atoms with Gasteiger partial charge in [-0.25, -0.2) is 0 Å². The van der Waals surface area contributed by atoms with Gasteiger partial charge in [-0.1, -0.05) is 17.7 Å². The van der Waals surface area contributed by atoms with Gasteiger partial charge in [0.1, 0.15) is 0 Å². The first-order valence-electron chi connectivity index (χ1n) is 9.06. The highest BCUT2D eigenvalue weighted by Crippen LogP contribution is 2.53. The Morgan fingerprint density at radius 2 is 1.72 bits per heavy atom. The molecule has 1 saturated heterocycles. The zero-order valence-corrected chi connectivity index (χ0v) is 14.9. The van der Waals surface area contributed by atoms with Crippen molar-refractivity contribution in [1.29, 1.82) is 0 Å². The fourth-order valence-electron chi connectivity index (χ4n) is 5.07. The first kappa shape index (κ1) is 16.7. The molecule has 134 valence electrons. The lowest BCUT2D eigenvalue weighted by atomic mass is 9.78. The molecule has 1 aromatic rings. The van der Waals surface area contributed by atoms with Crippen molar-refractivity contribution in [3.8, 4) is 0 Å². The molecule has 2 bridgehead atoms. The van der Waals surface area contributed by atoms with Crippen LogP contribution in [-0.4, -0.2) is 48.1 Å². The van der Waals surface area contributed by atoms with Crippen molar-refractivity contribution in [1.82, 2.24) is 4.90 Å². The molecule has 4 rings (SSSR count). The molecule has 1 aliphatic heterocycles. The Bertz CT molecular complexity index is 687. The van der Waals surface area contributed by atoms with Crippen LogP contribution < -0.4 is 4.90 Å². The fraction of sp³-hybridized carbons (Fsp3) is 0.579. The number of anilines is 1. The highest BCUT2D eigenvalue weighted by Gasteiger charge is 2.54. The van der Waals surface area contributed by atoms with E-state index in [0.717, 1.165) is 38.0 Å². The summed E-state index contributed by atoms with van der Waals surface area (Å²) in [7, 11) is 0. The normalized spacial score (nSPS) is 31.4. The van der Waals surface area contributed by atoms with Crippen molar-refractivity contribution < 1.29 is 14.7 Å². The van der Waals surface area contributed by atoms with E-state index >= 15 is 0 Å². The smallest absolute Gasteiger partial charge is 0.307 e. The molecule has 5 nitrogen and oxygen atoms in total. The number of rotatable bonds is 3. The topological polar surface area (TPSA) is 60.9 Å². The molecule has 1 aromatic carbocycles. The van der Waals surface area contributed by atoms with E-state index < -0.39 is 11.9 Å². The largest absolute Gasteiger partial charge is 0.481 e. The summed E-state index contributed by atoms with van der Waals surface area (Å²) in [4.78, 5) is 28.8. The molecule has 3 fully saturated rings. The summed E-state index contributed by atoms with van der Waals surface area (Å²) in [6, 6.07) is 7.75. The van der Waals surface area contributed by atoms with Gasteiger partial charge in [0.2, 0.25) is 5.91 Å². The minimum absolute atomic E-state index is 0.0605. The number of carbonyl (C=O) groups is 2. The van der Waals surface area contributed by atoms with Gasteiger partial charge in [-0.15, -0.1) is 0 Å². The van der Waals surface area contributed by atoms with Crippen molar-refractivity contribution in [2.45, 2.75) is 19.3 Å². The zero-order chi connectivity index (χ0) is 17.6. The van der Waals surface area contributed by atoms with E-state index in [4.69, 9.17) is 11.6 Å². The molecule has 0 aromatic heterocycles. The van der Waals surface area contributed by atoms with Gasteiger partial charge in [0.15, 0.2) is 0 Å². The standard InChI is InChI=1S/C19H23ClN2O3/c20-14-2-1-3-15(11-14)21-6-8-22(9-7-21)18(23)16-12-4-5-13(10-12)17(16)19(24)25/h1-3,11-13,16-17H,4-10H2,(H,24,25)/t12-,13-,16-,17-/m0/s1. The highest BCUT2D eigenvalue weighted by atomic mass is 35.5. The van der Waals surface area contributed by atoms with E-state index in [0.29, 0.717) is 18.1 Å². The maximum Gasteiger partial charge on any atom is 0.307 e. The predicted octanol–water partition coefficient (Wildman–Crippen LogP) is 2.74. The number of carboxylic acids is 1. The minimum Gasteiger partial charge on any atom is -0.481 e. The number of fused-ring (bicyclic) bond motifs is 2. The summed E-state index contributed by atoms with van der Waals surface area (Å²) in [6.07, 6.45) is 2.89. The Kier molecular flexibility index (Phi) is 4.36. The Hall–Kier alpha value is -1.75. The first-order chi connectivity index (χ1) is 12.0. The van der Waals surface area contributed by atoms with E-state index in [1.165, 1.54) is 0 Å². The summed E-state index contributed by atoms with van der Waals surface area (Å²) in [5.74, 6) is -1.05. The number of hydrogen-bond acceptors (Lipinski definition) is 3. The van der Waals surface area contributed by atoms with Gasteiger partial charge in [0.05, 0.1) is 11.8 Å². The first-order valence-corrected chi connectivity index (χ1v) is 9.44. The van der Waals surface area contributed by atoms with Crippen molar-refractivity contribution >= 4 is 29.2 Å². The van der Waals surface area contributed by atoms with Gasteiger partial charge in [0.25, 0.3) is 0 Å². The fourth-order valence-corrected chi connectivity index (χ4v) is 5.26. The van der Waals surface area contributed by atoms with E-state index in [-0.39, 0.29) is 23.7 Å². The number of carboxylic acid groups (broad SMARTS) is 1. The van der Waals surface area contributed by atoms with Gasteiger partial charge in [-0.05, 0) is 49.3 Å². The molecule has 25 heavy (non-hydrogen) atoms. The summed E-state index contributed by atoms with van der Waals surface area (Å²) < 4.78 is 0. The Labute approximate surface area is 152 Å². The highest BCUT2D eigenvalue weighted by molar-refractivity contribution is 6.30. The second kappa shape index (κ2) is 6.52. The second-order valence-corrected chi connectivity index (χ2v) is 7.95. The third-order valence-corrected chi connectivity index (χ3v) is 6.49. The second-order valence-electron chi connectivity index (χ2n) is 7.52. The Balaban J connectivity index is 1.42. The number of piperazine rings is 1. The number of halogens is 1. The molecule has 6 heteroatoms. The monoisotopic (exact) mass is 362 g/mol. The molecule has 4 atom stereocenters.